The Balaban J connectivity index is 1.71. The molecule has 2 N–H and O–H groups in total. The molecule has 0 aromatic carbocycles. The van der Waals surface area contributed by atoms with Crippen LogP contribution in [0.5, 0.6) is 0 Å². The quantitative estimate of drug-likeness (QED) is 0.439. The number of thiazole rings is 1. The minimum atomic E-state index is -4.42. The third-order valence-electron chi connectivity index (χ3n) is 4.02. The van der Waals surface area contributed by atoms with Crippen LogP contribution in [0, 0.1) is 0 Å². The fourth-order valence-corrected chi connectivity index (χ4v) is 3.49. The SMILES string of the molecule is CN=C(NCCc1nc(C(F)(F)F)cs1)NC1CCN(CC(F)F)CC1. The highest BCUT2D eigenvalue weighted by Gasteiger charge is 2.33. The molecule has 26 heavy (non-hydrogen) atoms. The predicted molar refractivity (Wildman–Crippen MR) is 90.8 cm³/mol. The van der Waals surface area contributed by atoms with Crippen LogP contribution < -0.4 is 10.6 Å². The molecular formula is C15H22F5N5S. The van der Waals surface area contributed by atoms with E-state index in [2.05, 4.69) is 20.6 Å². The summed E-state index contributed by atoms with van der Waals surface area (Å²) >= 11 is 0.978. The molecule has 1 saturated heterocycles. The van der Waals surface area contributed by atoms with Crippen LogP contribution in [0.2, 0.25) is 0 Å². The summed E-state index contributed by atoms with van der Waals surface area (Å²) in [4.78, 5) is 9.40. The molecule has 0 aliphatic carbocycles. The van der Waals surface area contributed by atoms with E-state index in [0.717, 1.165) is 29.6 Å². The Kier molecular flexibility index (Phi) is 7.56. The topological polar surface area (TPSA) is 52.6 Å². The van der Waals surface area contributed by atoms with Crippen LogP contribution in [0.25, 0.3) is 0 Å². The molecule has 11 heteroatoms. The van der Waals surface area contributed by atoms with E-state index in [1.807, 2.05) is 0 Å². The summed E-state index contributed by atoms with van der Waals surface area (Å²) in [6, 6.07) is 0.131. The lowest BCUT2D eigenvalue weighted by Crippen LogP contribution is -2.49. The molecule has 0 spiro atoms. The van der Waals surface area contributed by atoms with Crippen LogP contribution in [-0.4, -0.2) is 61.5 Å². The standard InChI is InChI=1S/C15H22F5N5S/c1-21-14(23-10-3-6-25(7-4-10)8-12(16)17)22-5-2-13-24-11(9-26-13)15(18,19)20/h9-10,12H,2-8H2,1H3,(H2,21,22,23). The van der Waals surface area contributed by atoms with Gasteiger partial charge in [0.1, 0.15) is 0 Å². The predicted octanol–water partition coefficient (Wildman–Crippen LogP) is 2.60. The average Bonchev–Trinajstić information content (AvgIpc) is 3.04. The van der Waals surface area contributed by atoms with Gasteiger partial charge < -0.3 is 10.6 Å². The van der Waals surface area contributed by atoms with Gasteiger partial charge in [-0.05, 0) is 12.8 Å². The summed E-state index contributed by atoms with van der Waals surface area (Å²) in [5.74, 6) is 0.546. The van der Waals surface area contributed by atoms with E-state index < -0.39 is 18.3 Å². The van der Waals surface area contributed by atoms with Crippen molar-refractivity contribution in [2.24, 2.45) is 4.99 Å². The molecule has 1 aliphatic rings. The van der Waals surface area contributed by atoms with Crippen LogP contribution in [0.3, 0.4) is 0 Å². The van der Waals surface area contributed by atoms with Gasteiger partial charge in [-0.2, -0.15) is 13.2 Å². The van der Waals surface area contributed by atoms with Crippen molar-refractivity contribution in [3.05, 3.63) is 16.1 Å². The Morgan fingerprint density at radius 2 is 2.08 bits per heavy atom. The van der Waals surface area contributed by atoms with Gasteiger partial charge in [0.2, 0.25) is 0 Å². The first-order chi connectivity index (χ1) is 12.3. The minimum Gasteiger partial charge on any atom is -0.356 e. The van der Waals surface area contributed by atoms with Gasteiger partial charge in [0.05, 0.1) is 11.6 Å². The number of piperidine rings is 1. The maximum atomic E-state index is 12.5. The highest BCUT2D eigenvalue weighted by atomic mass is 32.1. The molecule has 0 saturated carbocycles. The zero-order chi connectivity index (χ0) is 19.2. The summed E-state index contributed by atoms with van der Waals surface area (Å²) in [5.41, 5.74) is -0.865. The number of alkyl halides is 5. The third kappa shape index (κ3) is 6.67. The van der Waals surface area contributed by atoms with Gasteiger partial charge in [0.15, 0.2) is 11.7 Å². The monoisotopic (exact) mass is 399 g/mol. The Hall–Kier alpha value is -1.49. The molecule has 2 heterocycles. The van der Waals surface area contributed by atoms with Crippen molar-refractivity contribution in [1.82, 2.24) is 20.5 Å². The lowest BCUT2D eigenvalue weighted by atomic mass is 10.1. The van der Waals surface area contributed by atoms with Crippen LogP contribution in [0.4, 0.5) is 22.0 Å². The molecule has 0 amide bonds. The summed E-state index contributed by atoms with van der Waals surface area (Å²) in [5, 5.41) is 7.68. The molecule has 1 fully saturated rings. The lowest BCUT2D eigenvalue weighted by molar-refractivity contribution is -0.140. The molecule has 2 rings (SSSR count). The minimum absolute atomic E-state index is 0.131. The van der Waals surface area contributed by atoms with Gasteiger partial charge in [-0.15, -0.1) is 11.3 Å². The van der Waals surface area contributed by atoms with E-state index in [4.69, 9.17) is 0 Å². The number of nitrogens with one attached hydrogen (secondary N) is 2. The van der Waals surface area contributed by atoms with Crippen LogP contribution >= 0.6 is 11.3 Å². The molecule has 0 atom stereocenters. The van der Waals surface area contributed by atoms with Crippen molar-refractivity contribution in [2.45, 2.75) is 37.9 Å². The van der Waals surface area contributed by atoms with Gasteiger partial charge in [-0.25, -0.2) is 13.8 Å². The van der Waals surface area contributed by atoms with Gasteiger partial charge in [-0.3, -0.25) is 9.89 Å². The Morgan fingerprint density at radius 1 is 1.38 bits per heavy atom. The second-order valence-corrected chi connectivity index (χ2v) is 6.93. The molecule has 1 aromatic rings. The number of hydrogen-bond acceptors (Lipinski definition) is 4. The second kappa shape index (κ2) is 9.45. The maximum Gasteiger partial charge on any atom is 0.434 e. The molecule has 0 unspecified atom stereocenters. The highest BCUT2D eigenvalue weighted by molar-refractivity contribution is 7.09. The van der Waals surface area contributed by atoms with Gasteiger partial charge in [-0.1, -0.05) is 0 Å². The molecule has 0 bridgehead atoms. The number of aromatic nitrogens is 1. The zero-order valence-electron chi connectivity index (χ0n) is 14.3. The van der Waals surface area contributed by atoms with E-state index in [9.17, 15) is 22.0 Å². The van der Waals surface area contributed by atoms with Crippen molar-refractivity contribution in [3.63, 3.8) is 0 Å². The van der Waals surface area contributed by atoms with Gasteiger partial charge >= 0.3 is 6.18 Å². The van der Waals surface area contributed by atoms with E-state index in [0.29, 0.717) is 37.0 Å². The number of guanidine groups is 1. The largest absolute Gasteiger partial charge is 0.434 e. The normalized spacial score (nSPS) is 17.7. The molecule has 1 aromatic heterocycles. The molecule has 5 nitrogen and oxygen atoms in total. The van der Waals surface area contributed by atoms with E-state index in [-0.39, 0.29) is 12.6 Å². The van der Waals surface area contributed by atoms with Crippen LogP contribution in [0.15, 0.2) is 10.4 Å². The number of hydrogen-bond donors (Lipinski definition) is 2. The van der Waals surface area contributed by atoms with E-state index in [1.54, 1.807) is 11.9 Å². The molecule has 1 aliphatic heterocycles. The summed E-state index contributed by atoms with van der Waals surface area (Å²) in [7, 11) is 1.60. The first-order valence-electron chi connectivity index (χ1n) is 8.27. The maximum absolute atomic E-state index is 12.5. The van der Waals surface area contributed by atoms with E-state index >= 15 is 0 Å². The smallest absolute Gasteiger partial charge is 0.356 e. The van der Waals surface area contributed by atoms with Crippen molar-refractivity contribution < 1.29 is 22.0 Å². The van der Waals surface area contributed by atoms with Gasteiger partial charge in [0.25, 0.3) is 6.43 Å². The Bertz CT molecular complexity index is 581. The summed E-state index contributed by atoms with van der Waals surface area (Å²) in [6.45, 7) is 1.39. The summed E-state index contributed by atoms with van der Waals surface area (Å²) in [6.07, 6.45) is -4.92. The van der Waals surface area contributed by atoms with Crippen LogP contribution in [-0.2, 0) is 12.6 Å². The lowest BCUT2D eigenvalue weighted by Gasteiger charge is -2.32. The fraction of sp³-hybridized carbons (Fsp3) is 0.733. The van der Waals surface area contributed by atoms with Crippen LogP contribution in [0.1, 0.15) is 23.5 Å². The van der Waals surface area contributed by atoms with Crippen molar-refractivity contribution >= 4 is 17.3 Å². The fourth-order valence-electron chi connectivity index (χ4n) is 2.69. The molecule has 0 radical (unpaired) electrons. The van der Waals surface area contributed by atoms with E-state index in [1.165, 1.54) is 0 Å². The van der Waals surface area contributed by atoms with Crippen molar-refractivity contribution in [1.29, 1.82) is 0 Å². The first-order valence-corrected chi connectivity index (χ1v) is 9.15. The van der Waals surface area contributed by atoms with Crippen molar-refractivity contribution in [2.75, 3.05) is 33.2 Å². The number of likely N-dealkylation sites (tertiary alicyclic amines) is 1. The average molecular weight is 399 g/mol. The molecule has 148 valence electrons. The molecular weight excluding hydrogens is 377 g/mol. The number of nitrogens with zero attached hydrogens (tertiary/aromatic N) is 3. The second-order valence-electron chi connectivity index (χ2n) is 5.98. The van der Waals surface area contributed by atoms with Crippen molar-refractivity contribution in [3.8, 4) is 0 Å². The first kappa shape index (κ1) is 20.8. The number of halogens is 5. The third-order valence-corrected chi connectivity index (χ3v) is 4.93. The van der Waals surface area contributed by atoms with Gasteiger partial charge in [0, 0.05) is 44.5 Å². The Labute approximate surface area is 152 Å². The Morgan fingerprint density at radius 3 is 2.62 bits per heavy atom. The summed E-state index contributed by atoms with van der Waals surface area (Å²) < 4.78 is 62.3. The number of rotatable bonds is 6. The zero-order valence-corrected chi connectivity index (χ0v) is 15.1. The number of aliphatic imine (C=N–C) groups is 1. The highest BCUT2D eigenvalue weighted by Crippen LogP contribution is 2.30.